The average molecular weight is 156 g/mol. The Labute approximate surface area is 67.8 Å². The van der Waals surface area contributed by atoms with E-state index in [4.69, 9.17) is 0 Å². The molecule has 0 amide bonds. The van der Waals surface area contributed by atoms with Crippen LogP contribution in [-0.2, 0) is 0 Å². The highest BCUT2D eigenvalue weighted by molar-refractivity contribution is 5.47. The third kappa shape index (κ3) is 1.63. The molecule has 0 aromatic heterocycles. The lowest BCUT2D eigenvalue weighted by atomic mass is 10.4. The second-order valence-electron chi connectivity index (χ2n) is 3.23. The minimum atomic E-state index is 0.430. The zero-order chi connectivity index (χ0) is 8.43. The van der Waals surface area contributed by atoms with Gasteiger partial charge in [-0.25, -0.2) is 0 Å². The number of nitrogens with zero attached hydrogens (tertiary/aromatic N) is 2. The molecule has 0 atom stereocenters. The molecule has 0 saturated carbocycles. The monoisotopic (exact) mass is 156 g/mol. The molecule has 0 unspecified atom stereocenters. The Morgan fingerprint density at radius 1 is 1.18 bits per heavy atom. The van der Waals surface area contributed by atoms with Gasteiger partial charge in [-0.1, -0.05) is 5.12 Å². The molecule has 0 aliphatic carbocycles. The Morgan fingerprint density at radius 3 is 2.18 bits per heavy atom. The van der Waals surface area contributed by atoms with E-state index in [0.29, 0.717) is 12.1 Å². The van der Waals surface area contributed by atoms with E-state index in [1.54, 1.807) is 0 Å². The van der Waals surface area contributed by atoms with Crippen LogP contribution in [0.5, 0.6) is 0 Å². The maximum atomic E-state index is 2.99. The Hall–Kier alpha value is -0.770. The zero-order valence-electron chi connectivity index (χ0n) is 7.55. The van der Waals surface area contributed by atoms with Crippen LogP contribution in [0.4, 0.5) is 0 Å². The fourth-order valence-corrected chi connectivity index (χ4v) is 1.00. The molecule has 11 heavy (non-hydrogen) atoms. The number of hydrazone groups is 1. The predicted molar refractivity (Wildman–Crippen MR) is 43.1 cm³/mol. The normalized spacial score (nSPS) is 18.5. The number of hydrazine groups is 3. The van der Waals surface area contributed by atoms with Crippen molar-refractivity contribution in [3.05, 3.63) is 0 Å². The molecule has 1 aliphatic rings. The molecule has 0 radical (unpaired) electrons. The summed E-state index contributed by atoms with van der Waals surface area (Å²) in [7, 11) is 0. The maximum Gasteiger partial charge on any atom is 0.0764 e. The summed E-state index contributed by atoms with van der Waals surface area (Å²) in [4.78, 5) is 0. The van der Waals surface area contributed by atoms with E-state index >= 15 is 0 Å². The van der Waals surface area contributed by atoms with Crippen LogP contribution in [0.3, 0.4) is 0 Å². The summed E-state index contributed by atoms with van der Waals surface area (Å²) in [5.74, 6) is 0. The summed E-state index contributed by atoms with van der Waals surface area (Å²) < 4.78 is 0. The second-order valence-corrected chi connectivity index (χ2v) is 3.23. The lowest BCUT2D eigenvalue weighted by Crippen LogP contribution is -2.79. The molecule has 1 rings (SSSR count). The van der Waals surface area contributed by atoms with Crippen molar-refractivity contribution in [1.82, 2.24) is 15.7 Å². The molecule has 0 spiro atoms. The molecule has 0 bridgehead atoms. The summed E-state index contributed by atoms with van der Waals surface area (Å²) in [6.45, 7) is 8.49. The highest BCUT2D eigenvalue weighted by Crippen LogP contribution is 2.02. The molecular weight excluding hydrogens is 140 g/mol. The van der Waals surface area contributed by atoms with Crippen LogP contribution in [0.1, 0.15) is 27.7 Å². The summed E-state index contributed by atoms with van der Waals surface area (Å²) in [5, 5.41) is 6.85. The highest BCUT2D eigenvalue weighted by Gasteiger charge is 2.20. The van der Waals surface area contributed by atoms with E-state index in [1.807, 2.05) is 10.1 Å². The van der Waals surface area contributed by atoms with Crippen LogP contribution < -0.4 is 10.6 Å². The van der Waals surface area contributed by atoms with Gasteiger partial charge in [-0.05, 0) is 34.0 Å². The van der Waals surface area contributed by atoms with Gasteiger partial charge in [-0.15, -0.1) is 0 Å². The third-order valence-electron chi connectivity index (χ3n) is 1.55. The first kappa shape index (κ1) is 8.33. The van der Waals surface area contributed by atoms with Crippen molar-refractivity contribution in [3.63, 3.8) is 0 Å². The molecule has 0 aromatic carbocycles. The quantitative estimate of drug-likeness (QED) is 0.490. The molecule has 2 N–H and O–H groups in total. The van der Waals surface area contributed by atoms with Crippen LogP contribution in [0.2, 0.25) is 0 Å². The van der Waals surface area contributed by atoms with Crippen LogP contribution in [0.15, 0.2) is 0 Å². The summed E-state index contributed by atoms with van der Waals surface area (Å²) in [6, 6.07) is 0.861. The van der Waals surface area contributed by atoms with Gasteiger partial charge in [-0.2, -0.15) is 5.53 Å². The predicted octanol–water partition coefficient (Wildman–Crippen LogP) is -1.26. The fraction of sp³-hybridized carbons (Fsp3) is 0.857. The van der Waals surface area contributed by atoms with Crippen molar-refractivity contribution in [3.8, 4) is 0 Å². The molecule has 1 heterocycles. The SMILES string of the molecule is CC(C)N1[C-]=[NH+]NN1C(C)C. The highest BCUT2D eigenvalue weighted by atomic mass is 15.9. The van der Waals surface area contributed by atoms with E-state index in [2.05, 4.69) is 44.7 Å². The number of rotatable bonds is 2. The first-order valence-corrected chi connectivity index (χ1v) is 3.97. The zero-order valence-corrected chi connectivity index (χ0v) is 7.55. The Balaban J connectivity index is 2.56. The van der Waals surface area contributed by atoms with E-state index < -0.39 is 0 Å². The van der Waals surface area contributed by atoms with Crippen molar-refractivity contribution in [2.45, 2.75) is 39.8 Å². The minimum absolute atomic E-state index is 0.430. The standard InChI is InChI=1S/C7H16N4/c1-6(2)10-5-8-9-11(10)7(3)4/h6-9H,1-4H3. The molecule has 4 heteroatoms. The van der Waals surface area contributed by atoms with Gasteiger partial charge in [0.25, 0.3) is 0 Å². The van der Waals surface area contributed by atoms with E-state index in [9.17, 15) is 0 Å². The first-order valence-electron chi connectivity index (χ1n) is 3.97. The van der Waals surface area contributed by atoms with Gasteiger partial charge < -0.3 is 10.1 Å². The van der Waals surface area contributed by atoms with Gasteiger partial charge in [0.2, 0.25) is 0 Å². The van der Waals surface area contributed by atoms with E-state index in [-0.39, 0.29) is 0 Å². The topological polar surface area (TPSA) is 32.5 Å². The van der Waals surface area contributed by atoms with E-state index in [1.165, 1.54) is 0 Å². The number of hydrogen-bond acceptors (Lipinski definition) is 3. The fourth-order valence-electron chi connectivity index (χ4n) is 1.00. The number of hydrogen-bond donors (Lipinski definition) is 2. The maximum absolute atomic E-state index is 2.99. The number of nitrogens with one attached hydrogen (secondary N) is 2. The molecule has 0 aromatic rings. The lowest BCUT2D eigenvalue weighted by molar-refractivity contribution is -0.547. The van der Waals surface area contributed by atoms with Crippen LogP contribution >= 0.6 is 0 Å². The Kier molecular flexibility index (Phi) is 2.34. The van der Waals surface area contributed by atoms with Crippen LogP contribution in [0.25, 0.3) is 0 Å². The van der Waals surface area contributed by atoms with Gasteiger partial charge >= 0.3 is 0 Å². The van der Waals surface area contributed by atoms with Gasteiger partial charge in [0.15, 0.2) is 0 Å². The molecule has 64 valence electrons. The van der Waals surface area contributed by atoms with Crippen molar-refractivity contribution in [2.24, 2.45) is 0 Å². The van der Waals surface area contributed by atoms with Crippen molar-refractivity contribution in [1.29, 1.82) is 0 Å². The molecule has 0 fully saturated rings. The van der Waals surface area contributed by atoms with Crippen molar-refractivity contribution in [2.75, 3.05) is 0 Å². The van der Waals surface area contributed by atoms with Crippen molar-refractivity contribution >= 4 is 6.34 Å². The Bertz CT molecular complexity index is 153. The Morgan fingerprint density at radius 2 is 1.82 bits per heavy atom. The van der Waals surface area contributed by atoms with Gasteiger partial charge in [-0.3, -0.25) is 0 Å². The first-order chi connectivity index (χ1) is 5.13. The minimum Gasteiger partial charge on any atom is -0.334 e. The van der Waals surface area contributed by atoms with Crippen LogP contribution in [0, 0.1) is 0 Å². The van der Waals surface area contributed by atoms with Crippen molar-refractivity contribution < 1.29 is 5.10 Å². The summed E-state index contributed by atoms with van der Waals surface area (Å²) in [5.41, 5.74) is 2.99. The van der Waals surface area contributed by atoms with Gasteiger partial charge in [0.1, 0.15) is 0 Å². The molecule has 1 aliphatic heterocycles. The van der Waals surface area contributed by atoms with Gasteiger partial charge in [0, 0.05) is 0 Å². The molecular formula is C7H16N4. The van der Waals surface area contributed by atoms with Crippen LogP contribution in [-0.4, -0.2) is 28.5 Å². The lowest BCUT2D eigenvalue weighted by Gasteiger charge is -2.32. The molecule has 4 nitrogen and oxygen atoms in total. The van der Waals surface area contributed by atoms with E-state index in [0.717, 1.165) is 0 Å². The smallest absolute Gasteiger partial charge is 0.0764 e. The average Bonchev–Trinajstić information content (AvgIpc) is 2.32. The molecule has 0 saturated heterocycles. The largest absolute Gasteiger partial charge is 0.334 e. The summed E-state index contributed by atoms with van der Waals surface area (Å²) >= 11 is 0. The summed E-state index contributed by atoms with van der Waals surface area (Å²) in [6.07, 6.45) is 2.99. The van der Waals surface area contributed by atoms with Gasteiger partial charge in [0.05, 0.1) is 12.1 Å². The third-order valence-corrected chi connectivity index (χ3v) is 1.55. The second kappa shape index (κ2) is 3.09.